The van der Waals surface area contributed by atoms with Crippen molar-refractivity contribution in [2.45, 2.75) is 41.5 Å². The van der Waals surface area contributed by atoms with E-state index in [2.05, 4.69) is 41.3 Å². The first-order chi connectivity index (χ1) is 18.0. The molecule has 190 valence electrons. The summed E-state index contributed by atoms with van der Waals surface area (Å²) in [5.41, 5.74) is 3.50. The topological polar surface area (TPSA) is 57.6 Å². The van der Waals surface area contributed by atoms with Crippen LogP contribution in [0.25, 0.3) is 0 Å². The molecule has 2 atom stereocenters. The molecule has 1 aliphatic heterocycles. The summed E-state index contributed by atoms with van der Waals surface area (Å²) >= 11 is 0. The normalized spacial score (nSPS) is 17.5. The fraction of sp³-hybridized carbons (Fsp3) is 0.250. The Morgan fingerprint density at radius 1 is 0.784 bits per heavy atom. The molecule has 0 radical (unpaired) electrons. The number of hydrogen-bond donors (Lipinski definition) is 1. The van der Waals surface area contributed by atoms with Crippen LogP contribution >= 0.6 is 0 Å². The van der Waals surface area contributed by atoms with E-state index in [1.807, 2.05) is 73.7 Å². The molecule has 1 unspecified atom stereocenters. The van der Waals surface area contributed by atoms with Gasteiger partial charge in [0.1, 0.15) is 5.25 Å². The predicted octanol–water partition coefficient (Wildman–Crippen LogP) is 5.59. The monoisotopic (exact) mass is 511 g/mol. The maximum absolute atomic E-state index is 14.0. The minimum atomic E-state index is -3.78. The van der Waals surface area contributed by atoms with Crippen LogP contribution in [0.5, 0.6) is 0 Å². The first-order valence-electron chi connectivity index (χ1n) is 12.8. The zero-order valence-electron chi connectivity index (χ0n) is 21.1. The highest BCUT2D eigenvalue weighted by atomic mass is 32.2. The number of rotatable bonds is 8. The van der Waals surface area contributed by atoms with E-state index in [4.69, 9.17) is 0 Å². The van der Waals surface area contributed by atoms with Gasteiger partial charge in [-0.2, -0.15) is 0 Å². The minimum Gasteiger partial charge on any atom is -0.395 e. The third-order valence-corrected chi connectivity index (χ3v) is 9.85. The number of hydrogen-bond acceptors (Lipinski definition) is 4. The molecule has 1 N–H and O–H groups in total. The molecule has 5 heteroatoms. The lowest BCUT2D eigenvalue weighted by atomic mass is 9.75. The van der Waals surface area contributed by atoms with Crippen molar-refractivity contribution in [3.05, 3.63) is 138 Å². The van der Waals surface area contributed by atoms with Crippen molar-refractivity contribution in [2.24, 2.45) is 0 Å². The number of aryl methyl sites for hydroxylation is 1. The molecule has 1 fully saturated rings. The summed E-state index contributed by atoms with van der Waals surface area (Å²) in [5.74, 6) is 0. The maximum Gasteiger partial charge on any atom is 0.185 e. The van der Waals surface area contributed by atoms with Crippen molar-refractivity contribution in [1.29, 1.82) is 0 Å². The molecular weight excluding hydrogens is 478 g/mol. The molecular formula is C32H33NO3S. The van der Waals surface area contributed by atoms with Gasteiger partial charge in [0.2, 0.25) is 0 Å². The van der Waals surface area contributed by atoms with Crippen LogP contribution in [-0.4, -0.2) is 42.9 Å². The Morgan fingerprint density at radius 3 is 1.68 bits per heavy atom. The van der Waals surface area contributed by atoms with Crippen LogP contribution in [-0.2, 0) is 15.4 Å². The number of nitrogens with zero attached hydrogens (tertiary/aromatic N) is 1. The Kier molecular flexibility index (Phi) is 7.29. The standard InChI is InChI=1S/C32H33NO3S/c1-25-19-21-29(22-20-25)37(35,36)31(24-34)30-18-11-23-33(30)32(26-12-5-2-6-13-26,27-14-7-3-8-15-27)28-16-9-4-10-17-28/h2-10,12-17,19-22,30-31,34H,11,18,23-24H2,1H3/t30?,31-/m1/s1. The molecule has 0 saturated carbocycles. The van der Waals surface area contributed by atoms with E-state index in [0.717, 1.165) is 28.7 Å². The minimum absolute atomic E-state index is 0.258. The molecule has 0 aromatic heterocycles. The number of likely N-dealkylation sites (tertiary alicyclic amines) is 1. The Morgan fingerprint density at radius 2 is 1.24 bits per heavy atom. The lowest BCUT2D eigenvalue weighted by Crippen LogP contribution is -2.55. The van der Waals surface area contributed by atoms with Gasteiger partial charge >= 0.3 is 0 Å². The summed E-state index contributed by atoms with van der Waals surface area (Å²) in [4.78, 5) is 2.59. The third-order valence-electron chi connectivity index (χ3n) is 7.66. The first kappa shape index (κ1) is 25.4. The molecule has 0 bridgehead atoms. The van der Waals surface area contributed by atoms with Gasteiger partial charge in [0.15, 0.2) is 9.84 Å². The van der Waals surface area contributed by atoms with Gasteiger partial charge in [0, 0.05) is 12.6 Å². The molecule has 1 saturated heterocycles. The van der Waals surface area contributed by atoms with Crippen LogP contribution in [0, 0.1) is 6.92 Å². The van der Waals surface area contributed by atoms with Gasteiger partial charge in [-0.1, -0.05) is 109 Å². The number of aliphatic hydroxyl groups is 1. The average molecular weight is 512 g/mol. The number of sulfone groups is 1. The van der Waals surface area contributed by atoms with Crippen LogP contribution in [0.2, 0.25) is 0 Å². The highest BCUT2D eigenvalue weighted by molar-refractivity contribution is 7.92. The van der Waals surface area contributed by atoms with E-state index in [1.54, 1.807) is 12.1 Å². The van der Waals surface area contributed by atoms with Gasteiger partial charge in [0.25, 0.3) is 0 Å². The van der Waals surface area contributed by atoms with Gasteiger partial charge in [-0.25, -0.2) is 8.42 Å². The van der Waals surface area contributed by atoms with Crippen LogP contribution in [0.4, 0.5) is 0 Å². The van der Waals surface area contributed by atoms with E-state index in [1.165, 1.54) is 0 Å². The maximum atomic E-state index is 14.0. The Labute approximate surface area is 220 Å². The van der Waals surface area contributed by atoms with E-state index < -0.39 is 27.2 Å². The largest absolute Gasteiger partial charge is 0.395 e. The van der Waals surface area contributed by atoms with Crippen molar-refractivity contribution in [2.75, 3.05) is 13.2 Å². The summed E-state index contributed by atoms with van der Waals surface area (Å²) in [6.45, 7) is 2.21. The summed E-state index contributed by atoms with van der Waals surface area (Å²) in [6, 6.07) is 37.5. The molecule has 4 aromatic carbocycles. The van der Waals surface area contributed by atoms with E-state index in [0.29, 0.717) is 13.0 Å². The number of benzene rings is 4. The molecule has 37 heavy (non-hydrogen) atoms. The van der Waals surface area contributed by atoms with Crippen molar-refractivity contribution in [3.8, 4) is 0 Å². The van der Waals surface area contributed by atoms with Crippen LogP contribution in [0.15, 0.2) is 120 Å². The molecule has 1 heterocycles. The molecule has 4 nitrogen and oxygen atoms in total. The van der Waals surface area contributed by atoms with Gasteiger partial charge in [-0.05, 0) is 48.6 Å². The Bertz CT molecular complexity index is 1310. The van der Waals surface area contributed by atoms with E-state index in [-0.39, 0.29) is 10.9 Å². The SMILES string of the molecule is Cc1ccc(S(=O)(=O)[C@H](CO)C2CCCN2C(c2ccccc2)(c2ccccc2)c2ccccc2)cc1. The molecule has 5 rings (SSSR count). The van der Waals surface area contributed by atoms with Gasteiger partial charge in [0.05, 0.1) is 17.0 Å². The predicted molar refractivity (Wildman–Crippen MR) is 148 cm³/mol. The van der Waals surface area contributed by atoms with Gasteiger partial charge < -0.3 is 5.11 Å². The second-order valence-corrected chi connectivity index (χ2v) is 12.0. The lowest BCUT2D eigenvalue weighted by molar-refractivity contribution is 0.120. The smallest absolute Gasteiger partial charge is 0.185 e. The van der Waals surface area contributed by atoms with E-state index >= 15 is 0 Å². The summed E-state index contributed by atoms with van der Waals surface area (Å²) in [6.07, 6.45) is 1.53. The Hall–Kier alpha value is -3.25. The van der Waals surface area contributed by atoms with Gasteiger partial charge in [-0.3, -0.25) is 4.90 Å². The molecule has 4 aromatic rings. The van der Waals surface area contributed by atoms with Crippen molar-refractivity contribution >= 4 is 9.84 Å². The molecule has 0 spiro atoms. The zero-order chi connectivity index (χ0) is 25.9. The highest BCUT2D eigenvalue weighted by Gasteiger charge is 2.51. The zero-order valence-corrected chi connectivity index (χ0v) is 21.9. The van der Waals surface area contributed by atoms with Crippen LogP contribution in [0.3, 0.4) is 0 Å². The fourth-order valence-electron chi connectivity index (χ4n) is 5.96. The van der Waals surface area contributed by atoms with Crippen molar-refractivity contribution in [3.63, 3.8) is 0 Å². The van der Waals surface area contributed by atoms with Crippen LogP contribution in [0.1, 0.15) is 35.1 Å². The van der Waals surface area contributed by atoms with Crippen molar-refractivity contribution < 1.29 is 13.5 Å². The van der Waals surface area contributed by atoms with E-state index in [9.17, 15) is 13.5 Å². The molecule has 0 aliphatic carbocycles. The summed E-state index contributed by atoms with van der Waals surface area (Å²) in [5, 5.41) is 9.68. The summed E-state index contributed by atoms with van der Waals surface area (Å²) in [7, 11) is -3.78. The molecule has 0 amide bonds. The second kappa shape index (κ2) is 10.6. The summed E-state index contributed by atoms with van der Waals surface area (Å²) < 4.78 is 27.9. The highest BCUT2D eigenvalue weighted by Crippen LogP contribution is 2.47. The third kappa shape index (κ3) is 4.52. The van der Waals surface area contributed by atoms with Crippen molar-refractivity contribution in [1.82, 2.24) is 4.90 Å². The van der Waals surface area contributed by atoms with Gasteiger partial charge in [-0.15, -0.1) is 0 Å². The van der Waals surface area contributed by atoms with Crippen LogP contribution < -0.4 is 0 Å². The first-order valence-corrected chi connectivity index (χ1v) is 14.4. The average Bonchev–Trinajstić information content (AvgIpc) is 3.41. The number of aliphatic hydroxyl groups excluding tert-OH is 1. The second-order valence-electron chi connectivity index (χ2n) is 9.79. The lowest BCUT2D eigenvalue weighted by Gasteiger charge is -2.48. The molecule has 1 aliphatic rings. The fourth-order valence-corrected chi connectivity index (χ4v) is 7.72. The Balaban J connectivity index is 1.73. The quantitative estimate of drug-likeness (QED) is 0.314.